The maximum Gasteiger partial charge on any atom is 0.326 e. The van der Waals surface area contributed by atoms with Gasteiger partial charge in [0.15, 0.2) is 0 Å². The van der Waals surface area contributed by atoms with Crippen LogP contribution in [0.25, 0.3) is 0 Å². The number of morpholine rings is 1. The van der Waals surface area contributed by atoms with Crippen molar-refractivity contribution in [1.29, 1.82) is 0 Å². The fraction of sp³-hybridized carbons (Fsp3) is 0.800. The molecule has 1 aliphatic rings. The van der Waals surface area contributed by atoms with E-state index in [1.165, 1.54) is 0 Å². The molecule has 0 aromatic carbocycles. The summed E-state index contributed by atoms with van der Waals surface area (Å²) in [6.07, 6.45) is 0.375. The molecule has 0 aliphatic carbocycles. The van der Waals surface area contributed by atoms with Gasteiger partial charge in [0.1, 0.15) is 6.04 Å². The van der Waals surface area contributed by atoms with Crippen LogP contribution in [0, 0.1) is 0 Å². The van der Waals surface area contributed by atoms with Crippen LogP contribution in [0.2, 0.25) is 0 Å². The predicted octanol–water partition coefficient (Wildman–Crippen LogP) is 0.280. The van der Waals surface area contributed by atoms with Crippen LogP contribution < -0.4 is 5.32 Å². The van der Waals surface area contributed by atoms with Gasteiger partial charge in [-0.25, -0.2) is 9.59 Å². The van der Waals surface area contributed by atoms with Gasteiger partial charge in [0.25, 0.3) is 0 Å². The molecule has 0 aromatic rings. The molecule has 6 heteroatoms. The molecule has 0 aromatic heterocycles. The highest BCUT2D eigenvalue weighted by molar-refractivity contribution is 5.82. The Morgan fingerprint density at radius 3 is 2.81 bits per heavy atom. The van der Waals surface area contributed by atoms with E-state index in [0.717, 1.165) is 0 Å². The van der Waals surface area contributed by atoms with Gasteiger partial charge in [-0.05, 0) is 13.3 Å². The summed E-state index contributed by atoms with van der Waals surface area (Å²) in [6, 6.07) is -1.16. The SMILES string of the molecule is CC[C@@H](NC(=O)N1CCOCC1C)C(=O)O. The largest absolute Gasteiger partial charge is 0.480 e. The first-order valence-corrected chi connectivity index (χ1v) is 5.44. The number of hydrogen-bond donors (Lipinski definition) is 2. The van der Waals surface area contributed by atoms with Crippen molar-refractivity contribution >= 4 is 12.0 Å². The molecule has 0 spiro atoms. The van der Waals surface area contributed by atoms with Crippen molar-refractivity contribution in [2.75, 3.05) is 19.8 Å². The summed E-state index contributed by atoms with van der Waals surface area (Å²) in [6.45, 7) is 5.10. The minimum atomic E-state index is -1.00. The molecule has 1 rings (SSSR count). The van der Waals surface area contributed by atoms with Gasteiger partial charge >= 0.3 is 12.0 Å². The minimum absolute atomic E-state index is 0.0138. The molecular weight excluding hydrogens is 212 g/mol. The third-order valence-corrected chi connectivity index (χ3v) is 2.63. The third-order valence-electron chi connectivity index (χ3n) is 2.63. The zero-order valence-electron chi connectivity index (χ0n) is 9.60. The molecule has 1 unspecified atom stereocenters. The van der Waals surface area contributed by atoms with Crippen LogP contribution in [0.15, 0.2) is 0 Å². The highest BCUT2D eigenvalue weighted by Crippen LogP contribution is 2.06. The number of carbonyl (C=O) groups is 2. The quantitative estimate of drug-likeness (QED) is 0.730. The number of carboxylic acids is 1. The summed E-state index contributed by atoms with van der Waals surface area (Å²) in [5.41, 5.74) is 0. The number of carbonyl (C=O) groups excluding carboxylic acids is 1. The van der Waals surface area contributed by atoms with Gasteiger partial charge in [-0.15, -0.1) is 0 Å². The Kier molecular flexibility index (Phi) is 4.54. The van der Waals surface area contributed by atoms with Crippen LogP contribution >= 0.6 is 0 Å². The van der Waals surface area contributed by atoms with Crippen LogP contribution in [0.1, 0.15) is 20.3 Å². The molecule has 6 nitrogen and oxygen atoms in total. The van der Waals surface area contributed by atoms with Crippen molar-refractivity contribution in [1.82, 2.24) is 10.2 Å². The van der Waals surface area contributed by atoms with E-state index in [1.54, 1.807) is 11.8 Å². The Balaban J connectivity index is 2.52. The maximum absolute atomic E-state index is 11.8. The molecule has 0 radical (unpaired) electrons. The van der Waals surface area contributed by atoms with Gasteiger partial charge in [-0.2, -0.15) is 0 Å². The summed E-state index contributed by atoms with van der Waals surface area (Å²) < 4.78 is 5.20. The highest BCUT2D eigenvalue weighted by Gasteiger charge is 2.26. The van der Waals surface area contributed by atoms with E-state index in [4.69, 9.17) is 9.84 Å². The normalized spacial score (nSPS) is 22.6. The molecule has 0 saturated carbocycles. The monoisotopic (exact) mass is 230 g/mol. The Labute approximate surface area is 94.6 Å². The molecule has 2 N–H and O–H groups in total. The lowest BCUT2D eigenvalue weighted by Gasteiger charge is -2.33. The first-order valence-electron chi connectivity index (χ1n) is 5.44. The number of urea groups is 1. The fourth-order valence-electron chi connectivity index (χ4n) is 1.60. The van der Waals surface area contributed by atoms with E-state index >= 15 is 0 Å². The Morgan fingerprint density at radius 1 is 1.62 bits per heavy atom. The lowest BCUT2D eigenvalue weighted by atomic mass is 10.2. The molecule has 92 valence electrons. The van der Waals surface area contributed by atoms with Crippen LogP contribution in [-0.4, -0.2) is 53.8 Å². The summed E-state index contributed by atoms with van der Waals surface area (Å²) in [7, 11) is 0. The average Bonchev–Trinajstić information content (AvgIpc) is 2.25. The fourth-order valence-corrected chi connectivity index (χ4v) is 1.60. The number of nitrogens with one attached hydrogen (secondary N) is 1. The maximum atomic E-state index is 11.8. The van der Waals surface area contributed by atoms with Crippen molar-refractivity contribution in [2.45, 2.75) is 32.4 Å². The second kappa shape index (κ2) is 5.69. The average molecular weight is 230 g/mol. The second-order valence-electron chi connectivity index (χ2n) is 3.87. The van der Waals surface area contributed by atoms with Gasteiger partial charge in [0.2, 0.25) is 0 Å². The van der Waals surface area contributed by atoms with Gasteiger partial charge < -0.3 is 20.1 Å². The van der Waals surface area contributed by atoms with E-state index in [0.29, 0.717) is 26.2 Å². The van der Waals surface area contributed by atoms with Gasteiger partial charge in [-0.1, -0.05) is 6.92 Å². The number of rotatable bonds is 3. The van der Waals surface area contributed by atoms with E-state index < -0.39 is 12.0 Å². The van der Waals surface area contributed by atoms with Gasteiger partial charge in [0.05, 0.1) is 19.3 Å². The molecule has 16 heavy (non-hydrogen) atoms. The number of nitrogens with zero attached hydrogens (tertiary/aromatic N) is 1. The van der Waals surface area contributed by atoms with E-state index in [-0.39, 0.29) is 12.1 Å². The van der Waals surface area contributed by atoms with E-state index in [2.05, 4.69) is 5.32 Å². The number of hydrogen-bond acceptors (Lipinski definition) is 3. The molecule has 1 heterocycles. The smallest absolute Gasteiger partial charge is 0.326 e. The van der Waals surface area contributed by atoms with Crippen LogP contribution in [0.4, 0.5) is 4.79 Å². The molecule has 2 atom stereocenters. The summed E-state index contributed by atoms with van der Waals surface area (Å²) >= 11 is 0. The lowest BCUT2D eigenvalue weighted by Crippen LogP contribution is -2.54. The van der Waals surface area contributed by atoms with Crippen molar-refractivity contribution in [3.63, 3.8) is 0 Å². The Morgan fingerprint density at radius 2 is 2.31 bits per heavy atom. The lowest BCUT2D eigenvalue weighted by molar-refractivity contribution is -0.139. The van der Waals surface area contributed by atoms with E-state index in [1.807, 2.05) is 6.92 Å². The van der Waals surface area contributed by atoms with Crippen molar-refractivity contribution in [3.05, 3.63) is 0 Å². The van der Waals surface area contributed by atoms with Gasteiger partial charge in [-0.3, -0.25) is 0 Å². The predicted molar refractivity (Wildman–Crippen MR) is 57.2 cm³/mol. The molecule has 1 saturated heterocycles. The van der Waals surface area contributed by atoms with Crippen LogP contribution in [0.5, 0.6) is 0 Å². The zero-order chi connectivity index (χ0) is 12.1. The Bertz CT molecular complexity index is 270. The summed E-state index contributed by atoms with van der Waals surface area (Å²) in [4.78, 5) is 24.2. The molecule has 0 bridgehead atoms. The molecular formula is C10H18N2O4. The first kappa shape index (κ1) is 12.8. The molecule has 2 amide bonds. The summed E-state index contributed by atoms with van der Waals surface area (Å²) in [5.74, 6) is -1.00. The number of amides is 2. The topological polar surface area (TPSA) is 78.9 Å². The number of aliphatic carboxylic acids is 1. The second-order valence-corrected chi connectivity index (χ2v) is 3.87. The van der Waals surface area contributed by atoms with Gasteiger partial charge in [0, 0.05) is 6.54 Å². The third kappa shape index (κ3) is 3.10. The number of carboxylic acid groups (broad SMARTS) is 1. The zero-order valence-corrected chi connectivity index (χ0v) is 9.60. The molecule has 1 aliphatic heterocycles. The highest BCUT2D eigenvalue weighted by atomic mass is 16.5. The van der Waals surface area contributed by atoms with Crippen LogP contribution in [-0.2, 0) is 9.53 Å². The number of ether oxygens (including phenoxy) is 1. The van der Waals surface area contributed by atoms with Crippen molar-refractivity contribution in [2.24, 2.45) is 0 Å². The molecule has 1 fully saturated rings. The van der Waals surface area contributed by atoms with Crippen molar-refractivity contribution < 1.29 is 19.4 Å². The Hall–Kier alpha value is -1.30. The standard InChI is InChI=1S/C10H18N2O4/c1-3-8(9(13)14)11-10(15)12-4-5-16-6-7(12)2/h7-8H,3-6H2,1-2H3,(H,11,15)(H,13,14)/t7?,8-/m1/s1. The van der Waals surface area contributed by atoms with Crippen molar-refractivity contribution in [3.8, 4) is 0 Å². The first-order chi connectivity index (χ1) is 7.56. The minimum Gasteiger partial charge on any atom is -0.480 e. The summed E-state index contributed by atoms with van der Waals surface area (Å²) in [5, 5.41) is 11.3. The van der Waals surface area contributed by atoms with E-state index in [9.17, 15) is 9.59 Å². The van der Waals surface area contributed by atoms with Crippen LogP contribution in [0.3, 0.4) is 0 Å².